The summed E-state index contributed by atoms with van der Waals surface area (Å²) in [5.74, 6) is -0.885. The van der Waals surface area contributed by atoms with Crippen LogP contribution in [0.25, 0.3) is 0 Å². The minimum absolute atomic E-state index is 0.0322. The number of anilines is 1. The van der Waals surface area contributed by atoms with Crippen molar-refractivity contribution < 1.29 is 58.6 Å². The Labute approximate surface area is 368 Å². The zero-order valence-electron chi connectivity index (χ0n) is 35.7. The molecule has 0 aromatic heterocycles. The van der Waals surface area contributed by atoms with Crippen LogP contribution < -0.4 is 5.73 Å². The molecule has 0 spiro atoms. The van der Waals surface area contributed by atoms with Gasteiger partial charge >= 0.3 is 23.7 Å². The summed E-state index contributed by atoms with van der Waals surface area (Å²) < 4.78 is 92.6. The fraction of sp³-hybridized carbons (Fsp3) is 0.600. The van der Waals surface area contributed by atoms with E-state index in [4.69, 9.17) is 13.6 Å². The molecule has 1 atom stereocenters. The summed E-state index contributed by atoms with van der Waals surface area (Å²) in [6.07, 6.45) is 25.1. The molecule has 4 N–H and O–H groups in total. The van der Waals surface area contributed by atoms with Crippen LogP contribution in [0.2, 0.25) is 0 Å². The van der Waals surface area contributed by atoms with E-state index in [9.17, 15) is 30.4 Å². The number of unbranched alkanes of at least 4 members (excludes halogenated alkanes) is 18. The molecule has 0 aliphatic heterocycles. The SMILES string of the molecule is CCCCCCCCCCCCc1ccccc1S(=O)(=O)CC(C)(O)S(=O)(=O)c1ccccc1CCCCCCCCCCCC.Nc1ccc(S(=O)(=O)O)cc1.[O]=[Ti]. The van der Waals surface area contributed by atoms with Gasteiger partial charge in [-0.2, -0.15) is 8.42 Å². The number of hydrogen-bond donors (Lipinski definition) is 3. The standard InChI is InChI=1S/C39H64O5S2.C6H7NO3S.O.Ti/c1-4-6-8-10-12-14-16-18-20-22-28-35-30-24-26-32-37(35)45(41,42)34-39(3,40)46(43,44)38-33-27-25-31-36(38)29-23-21-19-17-15-13-11-9-7-5-2;7-5-1-3-6(4-2-5)11(8,9)10;;/h24-27,30-33,40H,4-23,28-29,34H2,1-3H3;1-4H,7H2,(H,8,9,10);;. The first-order valence-electron chi connectivity index (χ1n) is 21.5. The van der Waals surface area contributed by atoms with E-state index in [2.05, 4.69) is 13.8 Å². The van der Waals surface area contributed by atoms with E-state index in [1.807, 2.05) is 12.1 Å². The number of aliphatic hydroxyl groups is 1. The molecule has 0 fully saturated rings. The molecule has 10 nitrogen and oxygen atoms in total. The van der Waals surface area contributed by atoms with Gasteiger partial charge in [0.05, 0.1) is 20.4 Å². The fourth-order valence-corrected chi connectivity index (χ4v) is 11.5. The van der Waals surface area contributed by atoms with Crippen molar-refractivity contribution in [2.75, 3.05) is 11.5 Å². The van der Waals surface area contributed by atoms with E-state index in [0.717, 1.165) is 65.9 Å². The molecule has 0 saturated carbocycles. The van der Waals surface area contributed by atoms with Crippen LogP contribution in [0.3, 0.4) is 0 Å². The van der Waals surface area contributed by atoms with Crippen LogP contribution in [0.5, 0.6) is 0 Å². The van der Waals surface area contributed by atoms with E-state index in [1.54, 1.807) is 30.3 Å². The summed E-state index contributed by atoms with van der Waals surface area (Å²) in [6.45, 7) is 5.59. The van der Waals surface area contributed by atoms with Gasteiger partial charge in [-0.3, -0.25) is 4.55 Å². The van der Waals surface area contributed by atoms with Gasteiger partial charge in [0.1, 0.15) is 0 Å². The molecule has 0 saturated heterocycles. The Hall–Kier alpha value is -2.26. The minimum atomic E-state index is -4.35. The third kappa shape index (κ3) is 21.4. The topological polar surface area (TPSA) is 186 Å². The van der Waals surface area contributed by atoms with Crippen molar-refractivity contribution in [2.24, 2.45) is 0 Å². The summed E-state index contributed by atoms with van der Waals surface area (Å²) in [6, 6.07) is 18.9. The molecule has 3 aromatic carbocycles. The van der Waals surface area contributed by atoms with Gasteiger partial charge < -0.3 is 10.8 Å². The molecular weight excluding hydrogens is 843 g/mol. The average Bonchev–Trinajstić information content (AvgIpc) is 3.20. The normalized spacial score (nSPS) is 12.7. The third-order valence-electron chi connectivity index (χ3n) is 10.4. The van der Waals surface area contributed by atoms with E-state index in [1.165, 1.54) is 120 Å². The van der Waals surface area contributed by atoms with Gasteiger partial charge in [0.2, 0.25) is 9.84 Å². The van der Waals surface area contributed by atoms with Gasteiger partial charge in [0.25, 0.3) is 10.1 Å². The summed E-state index contributed by atoms with van der Waals surface area (Å²) in [7, 11) is -12.5. The number of nitrogen functional groups attached to an aromatic ring is 1. The Balaban J connectivity index is 0.00000114. The number of hydrogen-bond acceptors (Lipinski definition) is 9. The van der Waals surface area contributed by atoms with Gasteiger partial charge in [0, 0.05) is 5.69 Å². The van der Waals surface area contributed by atoms with Crippen molar-refractivity contribution in [2.45, 2.75) is 182 Å². The van der Waals surface area contributed by atoms with Crippen LogP contribution >= 0.6 is 0 Å². The Bertz CT molecular complexity index is 1920. The molecule has 0 amide bonds. The fourth-order valence-electron chi connectivity index (χ4n) is 6.98. The molecular formula is C45H71NO9S3Ti. The summed E-state index contributed by atoms with van der Waals surface area (Å²) >= 11 is 0.750. The summed E-state index contributed by atoms with van der Waals surface area (Å²) in [5.41, 5.74) is 7.08. The molecule has 14 heteroatoms. The van der Waals surface area contributed by atoms with E-state index in [-0.39, 0.29) is 14.7 Å². The molecule has 0 aliphatic carbocycles. The molecule has 0 bridgehead atoms. The number of benzene rings is 3. The van der Waals surface area contributed by atoms with Gasteiger partial charge in [0.15, 0.2) is 14.8 Å². The van der Waals surface area contributed by atoms with Gasteiger partial charge in [-0.15, -0.1) is 0 Å². The first-order valence-corrected chi connectivity index (χ1v) is 26.7. The molecule has 332 valence electrons. The Morgan fingerprint density at radius 2 is 0.864 bits per heavy atom. The second-order valence-electron chi connectivity index (χ2n) is 15.6. The zero-order chi connectivity index (χ0) is 44.2. The van der Waals surface area contributed by atoms with E-state index >= 15 is 0 Å². The number of rotatable bonds is 28. The molecule has 0 heterocycles. The van der Waals surface area contributed by atoms with Crippen LogP contribution in [0.15, 0.2) is 87.5 Å². The zero-order valence-corrected chi connectivity index (χ0v) is 39.8. The molecule has 0 radical (unpaired) electrons. The molecule has 3 rings (SSSR count). The van der Waals surface area contributed by atoms with Crippen molar-refractivity contribution in [3.8, 4) is 0 Å². The van der Waals surface area contributed by atoms with E-state index < -0.39 is 40.5 Å². The van der Waals surface area contributed by atoms with Crippen molar-refractivity contribution in [3.63, 3.8) is 0 Å². The quantitative estimate of drug-likeness (QED) is 0.0274. The third-order valence-corrected chi connectivity index (χ3v) is 15.7. The first kappa shape index (κ1) is 54.8. The molecule has 59 heavy (non-hydrogen) atoms. The van der Waals surface area contributed by atoms with Crippen LogP contribution in [0, 0.1) is 0 Å². The van der Waals surface area contributed by atoms with Crippen LogP contribution in [-0.4, -0.2) is 45.6 Å². The maximum atomic E-state index is 13.8. The Morgan fingerprint density at radius 3 is 1.25 bits per heavy atom. The maximum absolute atomic E-state index is 13.8. The van der Waals surface area contributed by atoms with Gasteiger partial charge in [-0.25, -0.2) is 16.8 Å². The van der Waals surface area contributed by atoms with Crippen molar-refractivity contribution in [1.29, 1.82) is 0 Å². The first-order chi connectivity index (χ1) is 28.1. The van der Waals surface area contributed by atoms with Crippen LogP contribution in [-0.2, 0) is 66.4 Å². The van der Waals surface area contributed by atoms with Gasteiger partial charge in [-0.1, -0.05) is 166 Å². The summed E-state index contributed by atoms with van der Waals surface area (Å²) in [4.78, 5) is -2.46. The Morgan fingerprint density at radius 1 is 0.525 bits per heavy atom. The van der Waals surface area contributed by atoms with Crippen molar-refractivity contribution in [3.05, 3.63) is 83.9 Å². The number of aryl methyl sites for hydroxylation is 2. The second-order valence-corrected chi connectivity index (χ2v) is 21.3. The monoisotopic (exact) mass is 913 g/mol. The molecule has 1 unspecified atom stereocenters. The molecule has 3 aromatic rings. The van der Waals surface area contributed by atoms with Gasteiger partial charge in [-0.05, 0) is 80.1 Å². The van der Waals surface area contributed by atoms with Crippen LogP contribution in [0.4, 0.5) is 5.69 Å². The second kappa shape index (κ2) is 29.9. The van der Waals surface area contributed by atoms with Crippen LogP contribution in [0.1, 0.15) is 160 Å². The predicted octanol–water partition coefficient (Wildman–Crippen LogP) is 11.0. The molecule has 0 aliphatic rings. The number of sulfone groups is 2. The summed E-state index contributed by atoms with van der Waals surface area (Å²) in [5, 5.41) is 11.4. The predicted molar refractivity (Wildman–Crippen MR) is 235 cm³/mol. The Kier molecular flexibility index (Phi) is 27.8. The van der Waals surface area contributed by atoms with Crippen molar-refractivity contribution in [1.82, 2.24) is 0 Å². The van der Waals surface area contributed by atoms with E-state index in [0.29, 0.717) is 29.7 Å². The average molecular weight is 914 g/mol. The number of nitrogens with two attached hydrogens (primary N) is 1. The van der Waals surface area contributed by atoms with Crippen molar-refractivity contribution >= 4 is 35.5 Å².